The number of benzene rings is 1. The maximum absolute atomic E-state index is 13.0. The van der Waals surface area contributed by atoms with Gasteiger partial charge < -0.3 is 14.4 Å². The second kappa shape index (κ2) is 7.33. The molecule has 0 N–H and O–H groups in total. The molecule has 1 heterocycles. The number of fused-ring (bicyclic) bond motifs is 2. The molecule has 5 nitrogen and oxygen atoms in total. The van der Waals surface area contributed by atoms with Gasteiger partial charge in [-0.1, -0.05) is 40.7 Å². The second-order valence-electron chi connectivity index (χ2n) is 10.7. The van der Waals surface area contributed by atoms with Crippen molar-refractivity contribution in [1.82, 2.24) is 4.90 Å². The fourth-order valence-corrected chi connectivity index (χ4v) is 6.93. The summed E-state index contributed by atoms with van der Waals surface area (Å²) in [7, 11) is 3.39. The minimum Gasteiger partial charge on any atom is -0.486 e. The number of nitrogens with zero attached hydrogens (tertiary/aromatic N) is 1. The topological polar surface area (TPSA) is 55.8 Å². The molecule has 4 rings (SSSR count). The van der Waals surface area contributed by atoms with Crippen LogP contribution in [0.5, 0.6) is 5.75 Å². The molecule has 1 aromatic rings. The SMILES string of the molecule is CCC1(C)C(C)CCC2C(C)(C)C(=O)CCC21Oc1cccc2c1C(OC)N(C)C2=O. The molecule has 170 valence electrons. The van der Waals surface area contributed by atoms with E-state index in [2.05, 4.69) is 34.6 Å². The summed E-state index contributed by atoms with van der Waals surface area (Å²) < 4.78 is 12.9. The highest BCUT2D eigenvalue weighted by Gasteiger charge is 2.65. The minimum atomic E-state index is -0.464. The van der Waals surface area contributed by atoms with Gasteiger partial charge in [-0.2, -0.15) is 0 Å². The van der Waals surface area contributed by atoms with Crippen LogP contribution in [-0.4, -0.2) is 36.3 Å². The molecule has 1 aliphatic heterocycles. The average molecular weight is 428 g/mol. The number of methoxy groups -OCH3 is 1. The summed E-state index contributed by atoms with van der Waals surface area (Å²) in [5.41, 5.74) is 0.493. The van der Waals surface area contributed by atoms with Crippen molar-refractivity contribution in [2.24, 2.45) is 22.7 Å². The van der Waals surface area contributed by atoms with Crippen LogP contribution in [0.1, 0.15) is 88.9 Å². The molecular formula is C26H37NO4. The third-order valence-electron chi connectivity index (χ3n) is 9.28. The third kappa shape index (κ3) is 2.84. The van der Waals surface area contributed by atoms with E-state index in [1.54, 1.807) is 19.1 Å². The highest BCUT2D eigenvalue weighted by atomic mass is 16.5. The molecule has 0 aromatic heterocycles. The van der Waals surface area contributed by atoms with E-state index in [0.29, 0.717) is 23.7 Å². The van der Waals surface area contributed by atoms with Gasteiger partial charge in [0.2, 0.25) is 0 Å². The van der Waals surface area contributed by atoms with Gasteiger partial charge in [0.15, 0.2) is 6.23 Å². The van der Waals surface area contributed by atoms with E-state index in [0.717, 1.165) is 37.0 Å². The van der Waals surface area contributed by atoms with Crippen LogP contribution in [0.4, 0.5) is 0 Å². The first kappa shape index (κ1) is 22.3. The van der Waals surface area contributed by atoms with Crippen LogP contribution in [0.3, 0.4) is 0 Å². The molecule has 0 radical (unpaired) electrons. The number of amides is 1. The molecule has 2 saturated carbocycles. The fourth-order valence-electron chi connectivity index (χ4n) is 6.93. The number of carbonyl (C=O) groups is 2. The zero-order chi connectivity index (χ0) is 22.8. The van der Waals surface area contributed by atoms with Crippen molar-refractivity contribution in [3.8, 4) is 5.75 Å². The quantitative estimate of drug-likeness (QED) is 0.647. The van der Waals surface area contributed by atoms with Crippen molar-refractivity contribution < 1.29 is 19.1 Å². The Balaban J connectivity index is 1.89. The van der Waals surface area contributed by atoms with Crippen molar-refractivity contribution in [2.75, 3.05) is 14.2 Å². The molecule has 1 amide bonds. The van der Waals surface area contributed by atoms with E-state index in [1.807, 2.05) is 18.2 Å². The molecule has 5 heteroatoms. The number of hydrogen-bond donors (Lipinski definition) is 0. The maximum atomic E-state index is 13.0. The third-order valence-corrected chi connectivity index (χ3v) is 9.28. The molecule has 5 atom stereocenters. The molecule has 2 aliphatic carbocycles. The highest BCUT2D eigenvalue weighted by molar-refractivity contribution is 5.99. The highest BCUT2D eigenvalue weighted by Crippen LogP contribution is 2.63. The Labute approximate surface area is 186 Å². The van der Waals surface area contributed by atoms with Crippen LogP contribution >= 0.6 is 0 Å². The molecule has 0 bridgehead atoms. The Bertz CT molecular complexity index is 909. The van der Waals surface area contributed by atoms with Crippen molar-refractivity contribution in [3.05, 3.63) is 29.3 Å². The second-order valence-corrected chi connectivity index (χ2v) is 10.7. The first-order valence-electron chi connectivity index (χ1n) is 11.7. The summed E-state index contributed by atoms with van der Waals surface area (Å²) in [6.07, 6.45) is 3.87. The lowest BCUT2D eigenvalue weighted by molar-refractivity contribution is -0.203. The predicted molar refractivity (Wildman–Crippen MR) is 120 cm³/mol. The summed E-state index contributed by atoms with van der Waals surface area (Å²) in [4.78, 5) is 27.4. The van der Waals surface area contributed by atoms with E-state index < -0.39 is 17.2 Å². The summed E-state index contributed by atoms with van der Waals surface area (Å²) in [6, 6.07) is 5.73. The Hall–Kier alpha value is -1.88. The molecular weight excluding hydrogens is 390 g/mol. The van der Waals surface area contributed by atoms with Crippen LogP contribution in [0.15, 0.2) is 18.2 Å². The molecule has 2 fully saturated rings. The van der Waals surface area contributed by atoms with Crippen LogP contribution in [0.2, 0.25) is 0 Å². The van der Waals surface area contributed by atoms with E-state index in [9.17, 15) is 9.59 Å². The predicted octanol–water partition coefficient (Wildman–Crippen LogP) is 5.39. The maximum Gasteiger partial charge on any atom is 0.256 e. The van der Waals surface area contributed by atoms with E-state index >= 15 is 0 Å². The van der Waals surface area contributed by atoms with E-state index in [4.69, 9.17) is 9.47 Å². The van der Waals surface area contributed by atoms with Gasteiger partial charge in [0, 0.05) is 37.3 Å². The average Bonchev–Trinajstić information content (AvgIpc) is 2.99. The van der Waals surface area contributed by atoms with Gasteiger partial charge in [-0.25, -0.2) is 0 Å². The Morgan fingerprint density at radius 3 is 2.52 bits per heavy atom. The first-order valence-corrected chi connectivity index (χ1v) is 11.7. The van der Waals surface area contributed by atoms with Crippen LogP contribution in [0, 0.1) is 22.7 Å². The number of hydrogen-bond acceptors (Lipinski definition) is 4. The summed E-state index contributed by atoms with van der Waals surface area (Å²) in [5.74, 6) is 1.64. The lowest BCUT2D eigenvalue weighted by Crippen LogP contribution is -2.67. The van der Waals surface area contributed by atoms with Gasteiger partial charge in [-0.3, -0.25) is 9.59 Å². The van der Waals surface area contributed by atoms with Gasteiger partial charge >= 0.3 is 0 Å². The van der Waals surface area contributed by atoms with Crippen molar-refractivity contribution in [2.45, 2.75) is 78.6 Å². The Kier molecular flexibility index (Phi) is 5.28. The smallest absolute Gasteiger partial charge is 0.256 e. The summed E-state index contributed by atoms with van der Waals surface area (Å²) >= 11 is 0. The molecule has 31 heavy (non-hydrogen) atoms. The monoisotopic (exact) mass is 427 g/mol. The minimum absolute atomic E-state index is 0.0456. The Morgan fingerprint density at radius 2 is 1.87 bits per heavy atom. The van der Waals surface area contributed by atoms with Gasteiger partial charge in [-0.15, -0.1) is 0 Å². The van der Waals surface area contributed by atoms with Gasteiger partial charge in [0.05, 0.1) is 11.1 Å². The van der Waals surface area contributed by atoms with Gasteiger partial charge in [0.1, 0.15) is 17.1 Å². The number of ketones is 1. The molecule has 3 aliphatic rings. The van der Waals surface area contributed by atoms with E-state index in [-0.39, 0.29) is 17.2 Å². The largest absolute Gasteiger partial charge is 0.486 e. The Morgan fingerprint density at radius 1 is 1.16 bits per heavy atom. The number of Topliss-reactive ketones (excluding diaryl/α,β-unsaturated/α-hetero) is 1. The zero-order valence-electron chi connectivity index (χ0n) is 20.1. The molecule has 1 aromatic carbocycles. The standard InChI is InChI=1S/C26H37NO4/c1-8-25(5)16(2)12-13-19-24(3,4)20(28)14-15-26(19,25)31-18-11-9-10-17-21(18)23(30-7)27(6)22(17)29/h9-11,16,19,23H,8,12-15H2,1-7H3. The summed E-state index contributed by atoms with van der Waals surface area (Å²) in [6.45, 7) is 11.1. The lowest BCUT2D eigenvalue weighted by atomic mass is 9.45. The van der Waals surface area contributed by atoms with E-state index in [1.165, 1.54) is 0 Å². The van der Waals surface area contributed by atoms with Crippen molar-refractivity contribution in [1.29, 1.82) is 0 Å². The summed E-state index contributed by atoms with van der Waals surface area (Å²) in [5, 5.41) is 0. The fraction of sp³-hybridized carbons (Fsp3) is 0.692. The molecule has 0 saturated heterocycles. The van der Waals surface area contributed by atoms with Crippen LogP contribution < -0.4 is 4.74 Å². The number of rotatable bonds is 4. The van der Waals surface area contributed by atoms with Gasteiger partial charge in [-0.05, 0) is 43.7 Å². The zero-order valence-corrected chi connectivity index (χ0v) is 20.1. The molecule has 0 spiro atoms. The molecule has 5 unspecified atom stereocenters. The number of carbonyl (C=O) groups excluding carboxylic acids is 2. The van der Waals surface area contributed by atoms with Crippen LogP contribution in [0.25, 0.3) is 0 Å². The van der Waals surface area contributed by atoms with Crippen molar-refractivity contribution >= 4 is 11.7 Å². The lowest BCUT2D eigenvalue weighted by Gasteiger charge is -2.63. The van der Waals surface area contributed by atoms with Gasteiger partial charge in [0.25, 0.3) is 5.91 Å². The number of ether oxygens (including phenoxy) is 2. The normalized spacial score (nSPS) is 36.9. The first-order chi connectivity index (χ1) is 14.5. The van der Waals surface area contributed by atoms with Crippen LogP contribution in [-0.2, 0) is 9.53 Å². The van der Waals surface area contributed by atoms with Crippen molar-refractivity contribution in [3.63, 3.8) is 0 Å².